The molecule has 2 aromatic rings. The topological polar surface area (TPSA) is 146 Å². The van der Waals surface area contributed by atoms with Gasteiger partial charge in [0.1, 0.15) is 0 Å². The number of alkyl halides is 1. The van der Waals surface area contributed by atoms with Crippen molar-refractivity contribution in [3.05, 3.63) is 82.2 Å². The molecule has 11 nitrogen and oxygen atoms in total. The summed E-state index contributed by atoms with van der Waals surface area (Å²) in [4.78, 5) is 47.7. The summed E-state index contributed by atoms with van der Waals surface area (Å²) in [5.41, 5.74) is 6.14. The van der Waals surface area contributed by atoms with E-state index in [0.29, 0.717) is 44.7 Å². The number of hydrogen-bond donors (Lipinski definition) is 4. The van der Waals surface area contributed by atoms with Crippen molar-refractivity contribution in [2.75, 3.05) is 67.4 Å². The molecule has 2 aliphatic carbocycles. The number of Topliss-reactive ketones (excluding diaryl/α,β-unsaturated/α-hetero) is 2. The predicted molar refractivity (Wildman–Crippen MR) is 205 cm³/mol. The summed E-state index contributed by atoms with van der Waals surface area (Å²) in [5.74, 6) is -0.513. The molecule has 2 saturated heterocycles. The second kappa shape index (κ2) is 21.9. The van der Waals surface area contributed by atoms with E-state index >= 15 is 0 Å². The molecule has 1 atom stereocenters. The molecule has 0 aromatic heterocycles. The SMILES string of the molecule is C1COCCN1.CC1=C(Nc2ccc(C(=O)N3CCOCC3)cc2)CCC1=O.CC1=C(Nc2ccc(C(=O)O)cc2)CCC1=O.[2H]C(I)P=S. The molecule has 0 saturated carbocycles. The van der Waals surface area contributed by atoms with E-state index in [9.17, 15) is 19.2 Å². The van der Waals surface area contributed by atoms with Gasteiger partial charge in [-0.3, -0.25) is 14.4 Å². The molecule has 14 heteroatoms. The first kappa shape index (κ1) is 38.7. The fourth-order valence-corrected chi connectivity index (χ4v) is 5.08. The molecular weight excluding hydrogens is 778 g/mol. The number of anilines is 2. The third kappa shape index (κ3) is 13.6. The lowest BCUT2D eigenvalue weighted by Gasteiger charge is -2.26. The van der Waals surface area contributed by atoms with E-state index in [1.165, 1.54) is 12.1 Å². The monoisotopic (exact) mass is 823 g/mol. The van der Waals surface area contributed by atoms with E-state index in [-0.39, 0.29) is 27.2 Å². The number of ether oxygens (including phenoxy) is 2. The highest BCUT2D eigenvalue weighted by Gasteiger charge is 2.21. The zero-order valence-corrected chi connectivity index (χ0v) is 31.6. The molecule has 1 amide bonds. The number of morpholine rings is 2. The maximum Gasteiger partial charge on any atom is 0.335 e. The normalized spacial score (nSPS) is 18.3. The Morgan fingerprint density at radius 2 is 1.27 bits per heavy atom. The van der Waals surface area contributed by atoms with Gasteiger partial charge < -0.3 is 35.4 Å². The Labute approximate surface area is 309 Å². The standard InChI is InChI=1S/C17H20N2O3.C13H13NO3.C4H9NO.CH2IPS/c1-12-15(6-7-16(12)20)18-14-4-2-13(3-5-14)17(21)19-8-10-22-11-9-19;1-8-11(6-7-12(8)15)14-10-4-2-9(3-5-10)13(16)17;1-3-6-4-2-5-1;2-1-3-4/h2-5,18H,6-11H2,1H3;2-5,14H,6-7H2,1H3,(H,16,17);5H,1-4H2;1H2/i;;;1D. The van der Waals surface area contributed by atoms with Gasteiger partial charge in [0.05, 0.1) is 36.1 Å². The minimum Gasteiger partial charge on any atom is -0.478 e. The van der Waals surface area contributed by atoms with Crippen molar-refractivity contribution < 1.29 is 35.1 Å². The van der Waals surface area contributed by atoms with Crippen molar-refractivity contribution in [1.82, 2.24) is 10.2 Å². The number of halogens is 1. The van der Waals surface area contributed by atoms with Crippen LogP contribution in [0.5, 0.6) is 0 Å². The van der Waals surface area contributed by atoms with Crippen LogP contribution in [0.2, 0.25) is 0 Å². The number of hydrogen-bond acceptors (Lipinski definition) is 10. The number of nitrogens with one attached hydrogen (secondary N) is 3. The van der Waals surface area contributed by atoms with Crippen molar-refractivity contribution in [3.8, 4) is 0 Å². The molecule has 4 N–H and O–H groups in total. The van der Waals surface area contributed by atoms with Crippen molar-refractivity contribution in [3.63, 3.8) is 0 Å². The maximum atomic E-state index is 12.3. The van der Waals surface area contributed by atoms with Gasteiger partial charge in [0.2, 0.25) is 0 Å². The number of aromatic carboxylic acids is 1. The summed E-state index contributed by atoms with van der Waals surface area (Å²) >= 11 is 6.41. The number of benzene rings is 2. The highest BCUT2D eigenvalue weighted by Crippen LogP contribution is 2.25. The largest absolute Gasteiger partial charge is 0.478 e. The number of carboxylic acids is 1. The molecule has 1 unspecified atom stereocenters. The van der Waals surface area contributed by atoms with Gasteiger partial charge in [-0.25, -0.2) is 4.79 Å². The van der Waals surface area contributed by atoms with Crippen LogP contribution in [-0.4, -0.2) is 90.2 Å². The predicted octanol–water partition coefficient (Wildman–Crippen LogP) is 6.03. The van der Waals surface area contributed by atoms with Crippen molar-refractivity contribution >= 4 is 76.6 Å². The van der Waals surface area contributed by atoms with Crippen LogP contribution in [0.1, 0.15) is 61.6 Å². The van der Waals surface area contributed by atoms with Gasteiger partial charge in [0.15, 0.2) is 11.6 Å². The zero-order valence-electron chi connectivity index (χ0n) is 28.8. The summed E-state index contributed by atoms with van der Waals surface area (Å²) in [5, 5.41) is 18.4. The van der Waals surface area contributed by atoms with E-state index in [0.717, 1.165) is 80.4 Å². The first-order valence-electron chi connectivity index (χ1n) is 16.6. The van der Waals surface area contributed by atoms with Crippen LogP contribution in [-0.2, 0) is 30.9 Å². The number of amides is 1. The highest BCUT2D eigenvalue weighted by atomic mass is 127. The second-order valence-corrected chi connectivity index (χ2v) is 13.9. The van der Waals surface area contributed by atoms with E-state index in [2.05, 4.69) is 27.8 Å². The van der Waals surface area contributed by atoms with Crippen molar-refractivity contribution in [2.45, 2.75) is 39.5 Å². The van der Waals surface area contributed by atoms with E-state index < -0.39 is 5.97 Å². The van der Waals surface area contributed by atoms with Crippen LogP contribution in [0.25, 0.3) is 0 Å². The van der Waals surface area contributed by atoms with Gasteiger partial charge in [-0.05, 0) is 82.6 Å². The minimum atomic E-state index is -0.942. The summed E-state index contributed by atoms with van der Waals surface area (Å²) in [6.45, 7) is 10.00. The fourth-order valence-electron chi connectivity index (χ4n) is 5.08. The van der Waals surface area contributed by atoms with E-state index in [1.807, 2.05) is 65.6 Å². The number of ketones is 2. The smallest absolute Gasteiger partial charge is 0.335 e. The zero-order chi connectivity index (χ0) is 36.5. The Hall–Kier alpha value is -3.07. The Morgan fingerprint density at radius 1 is 0.837 bits per heavy atom. The molecule has 4 aliphatic rings. The molecule has 0 spiro atoms. The first-order chi connectivity index (χ1) is 24.0. The third-order valence-electron chi connectivity index (χ3n) is 7.98. The molecule has 2 aliphatic heterocycles. The van der Waals surface area contributed by atoms with Gasteiger partial charge in [-0.2, -0.15) is 0 Å². The lowest BCUT2D eigenvalue weighted by molar-refractivity contribution is -0.115. The van der Waals surface area contributed by atoms with Crippen LogP contribution in [0.15, 0.2) is 71.1 Å². The first-order valence-corrected chi connectivity index (χ1v) is 19.2. The van der Waals surface area contributed by atoms with Gasteiger partial charge >= 0.3 is 5.97 Å². The average molecular weight is 824 g/mol. The summed E-state index contributed by atoms with van der Waals surface area (Å²) in [7, 11) is 0.734. The molecule has 2 heterocycles. The van der Waals surface area contributed by atoms with Gasteiger partial charge in [0, 0.05) is 79.9 Å². The molecular formula is C35H44IN4O7PS. The molecule has 0 radical (unpaired) electrons. The van der Waals surface area contributed by atoms with E-state index in [4.69, 9.17) is 16.0 Å². The lowest BCUT2D eigenvalue weighted by Crippen LogP contribution is -2.40. The molecule has 0 bridgehead atoms. The highest BCUT2D eigenvalue weighted by molar-refractivity contribution is 14.1. The Morgan fingerprint density at radius 3 is 1.59 bits per heavy atom. The van der Waals surface area contributed by atoms with E-state index in [1.54, 1.807) is 12.1 Å². The Kier molecular flexibility index (Phi) is 17.3. The van der Waals surface area contributed by atoms with Crippen LogP contribution < -0.4 is 16.0 Å². The third-order valence-corrected chi connectivity index (χ3v) is 10.4. The lowest BCUT2D eigenvalue weighted by atomic mass is 10.1. The fraction of sp³-hybridized carbons (Fsp3) is 0.429. The quantitative estimate of drug-likeness (QED) is 0.148. The number of allylic oxidation sites excluding steroid dienone is 4. The van der Waals surface area contributed by atoms with Crippen LogP contribution in [0, 0.1) is 0 Å². The summed E-state index contributed by atoms with van der Waals surface area (Å²) < 4.78 is 16.9. The molecule has 264 valence electrons. The number of carbonyl (C=O) groups is 4. The summed E-state index contributed by atoms with van der Waals surface area (Å²) in [6.07, 6.45) is 2.63. The van der Waals surface area contributed by atoms with Gasteiger partial charge in [0.25, 0.3) is 5.91 Å². The number of carboxylic acid groups (broad SMARTS) is 1. The van der Waals surface area contributed by atoms with Crippen molar-refractivity contribution in [1.29, 1.82) is 0 Å². The minimum absolute atomic E-state index is 0.0429. The second-order valence-electron chi connectivity index (χ2n) is 11.2. The van der Waals surface area contributed by atoms with Crippen LogP contribution in [0.4, 0.5) is 11.4 Å². The number of carbonyl (C=O) groups excluding carboxylic acids is 3. The van der Waals surface area contributed by atoms with Crippen molar-refractivity contribution in [2.24, 2.45) is 0 Å². The number of rotatable bonds is 7. The molecule has 2 aromatic carbocycles. The molecule has 2 fully saturated rings. The Bertz CT molecular complexity index is 1530. The molecule has 6 rings (SSSR count). The summed E-state index contributed by atoms with van der Waals surface area (Å²) in [6, 6.07) is 13.9. The molecule has 49 heavy (non-hydrogen) atoms. The average Bonchev–Trinajstić information content (AvgIpc) is 3.64. The van der Waals surface area contributed by atoms with Gasteiger partial charge in [-0.15, -0.1) is 0 Å². The Balaban J connectivity index is 0.000000212. The maximum absolute atomic E-state index is 12.3. The number of nitrogens with zero attached hydrogens (tertiary/aromatic N) is 1. The van der Waals surface area contributed by atoms with Crippen LogP contribution in [0.3, 0.4) is 0 Å². The van der Waals surface area contributed by atoms with Gasteiger partial charge in [-0.1, -0.05) is 34.4 Å². The van der Waals surface area contributed by atoms with Crippen LogP contribution >= 0.6 is 29.9 Å².